The number of aliphatic carboxylic acids is 1. The molecule has 1 N–H and O–H groups in total. The van der Waals surface area contributed by atoms with Crippen LogP contribution in [0, 0.1) is 5.92 Å². The maximum absolute atomic E-state index is 11.5. The van der Waals surface area contributed by atoms with Crippen molar-refractivity contribution in [2.24, 2.45) is 5.92 Å². The number of carboxylic acid groups (broad SMARTS) is 1. The van der Waals surface area contributed by atoms with Crippen LogP contribution >= 0.6 is 0 Å². The Morgan fingerprint density at radius 1 is 1.24 bits per heavy atom. The third kappa shape index (κ3) is 4.18. The van der Waals surface area contributed by atoms with E-state index in [2.05, 4.69) is 18.9 Å². The van der Waals surface area contributed by atoms with E-state index in [9.17, 15) is 9.90 Å². The summed E-state index contributed by atoms with van der Waals surface area (Å²) in [6, 6.07) is 12.0. The van der Waals surface area contributed by atoms with E-state index in [-0.39, 0.29) is 0 Å². The SMILES string of the molecule is CCC(C)n1ccc(CC(Cc2ccccc2)C(=O)O)n1. The number of aromatic nitrogens is 2. The molecule has 4 heteroatoms. The monoisotopic (exact) mass is 286 g/mol. The lowest BCUT2D eigenvalue weighted by Gasteiger charge is -2.11. The highest BCUT2D eigenvalue weighted by Crippen LogP contribution is 2.16. The van der Waals surface area contributed by atoms with Gasteiger partial charge in [0.05, 0.1) is 11.6 Å². The third-order valence-electron chi connectivity index (χ3n) is 3.84. The van der Waals surface area contributed by atoms with Crippen molar-refractivity contribution in [1.29, 1.82) is 0 Å². The van der Waals surface area contributed by atoms with Gasteiger partial charge < -0.3 is 5.11 Å². The standard InChI is InChI=1S/C17H22N2O2/c1-3-13(2)19-10-9-16(18-19)12-15(17(20)21)11-14-7-5-4-6-8-14/h4-10,13,15H,3,11-12H2,1-2H3,(H,20,21). The van der Waals surface area contributed by atoms with Crippen molar-refractivity contribution in [3.8, 4) is 0 Å². The molecule has 1 aromatic heterocycles. The van der Waals surface area contributed by atoms with Gasteiger partial charge in [0, 0.05) is 18.7 Å². The van der Waals surface area contributed by atoms with Gasteiger partial charge in [0.2, 0.25) is 0 Å². The summed E-state index contributed by atoms with van der Waals surface area (Å²) in [5.41, 5.74) is 1.89. The van der Waals surface area contributed by atoms with Crippen LogP contribution in [0.5, 0.6) is 0 Å². The first-order valence-electron chi connectivity index (χ1n) is 7.41. The summed E-state index contributed by atoms with van der Waals surface area (Å²) in [6.07, 6.45) is 3.94. The molecule has 0 amide bonds. The van der Waals surface area contributed by atoms with Crippen LogP contribution in [0.1, 0.15) is 37.6 Å². The van der Waals surface area contributed by atoms with Crippen LogP contribution in [0.2, 0.25) is 0 Å². The molecule has 1 heterocycles. The summed E-state index contributed by atoms with van der Waals surface area (Å²) in [4.78, 5) is 11.5. The molecule has 0 radical (unpaired) electrons. The van der Waals surface area contributed by atoms with Gasteiger partial charge in [-0.15, -0.1) is 0 Å². The topological polar surface area (TPSA) is 55.1 Å². The van der Waals surface area contributed by atoms with E-state index < -0.39 is 11.9 Å². The Balaban J connectivity index is 2.06. The summed E-state index contributed by atoms with van der Waals surface area (Å²) in [5.74, 6) is -1.20. The van der Waals surface area contributed by atoms with Crippen molar-refractivity contribution in [2.45, 2.75) is 39.2 Å². The fourth-order valence-corrected chi connectivity index (χ4v) is 2.32. The minimum absolute atomic E-state index is 0.344. The summed E-state index contributed by atoms with van der Waals surface area (Å²) >= 11 is 0. The number of hydrogen-bond acceptors (Lipinski definition) is 2. The lowest BCUT2D eigenvalue weighted by atomic mass is 9.95. The van der Waals surface area contributed by atoms with Crippen molar-refractivity contribution in [3.63, 3.8) is 0 Å². The first kappa shape index (κ1) is 15.3. The molecule has 0 fully saturated rings. The van der Waals surface area contributed by atoms with Gasteiger partial charge >= 0.3 is 5.97 Å². The highest BCUT2D eigenvalue weighted by molar-refractivity contribution is 5.70. The Morgan fingerprint density at radius 3 is 2.57 bits per heavy atom. The van der Waals surface area contributed by atoms with Crippen molar-refractivity contribution in [2.75, 3.05) is 0 Å². The number of hydrogen-bond donors (Lipinski definition) is 1. The molecule has 0 saturated heterocycles. The van der Waals surface area contributed by atoms with Gasteiger partial charge in [0.1, 0.15) is 0 Å². The lowest BCUT2D eigenvalue weighted by Crippen LogP contribution is -2.19. The van der Waals surface area contributed by atoms with Gasteiger partial charge in [-0.25, -0.2) is 0 Å². The predicted molar refractivity (Wildman–Crippen MR) is 82.2 cm³/mol. The normalized spacial score (nSPS) is 13.8. The molecule has 0 bridgehead atoms. The molecule has 0 aliphatic carbocycles. The first-order valence-corrected chi connectivity index (χ1v) is 7.41. The number of carbonyl (C=O) groups is 1. The molecule has 4 nitrogen and oxygen atoms in total. The molecule has 2 unspecified atom stereocenters. The van der Waals surface area contributed by atoms with Gasteiger partial charge in [-0.1, -0.05) is 37.3 Å². The van der Waals surface area contributed by atoms with Gasteiger partial charge in [0.15, 0.2) is 0 Å². The number of carboxylic acids is 1. The zero-order valence-electron chi connectivity index (χ0n) is 12.6. The van der Waals surface area contributed by atoms with E-state index in [4.69, 9.17) is 0 Å². The van der Waals surface area contributed by atoms with Crippen LogP contribution in [0.3, 0.4) is 0 Å². The Bertz CT molecular complexity index is 577. The molecule has 0 spiro atoms. The van der Waals surface area contributed by atoms with Crippen molar-refractivity contribution in [1.82, 2.24) is 9.78 Å². The molecule has 1 aromatic carbocycles. The molecule has 112 valence electrons. The highest BCUT2D eigenvalue weighted by atomic mass is 16.4. The number of nitrogens with zero attached hydrogens (tertiary/aromatic N) is 2. The van der Waals surface area contributed by atoms with E-state index >= 15 is 0 Å². The van der Waals surface area contributed by atoms with Gasteiger partial charge in [-0.3, -0.25) is 9.48 Å². The average Bonchev–Trinajstić information content (AvgIpc) is 2.95. The van der Waals surface area contributed by atoms with Crippen LogP contribution in [0.25, 0.3) is 0 Å². The Kier molecular flexibility index (Phi) is 5.14. The largest absolute Gasteiger partial charge is 0.481 e. The van der Waals surface area contributed by atoms with E-state index in [1.165, 1.54) is 0 Å². The zero-order valence-corrected chi connectivity index (χ0v) is 12.6. The molecule has 0 aliphatic heterocycles. The fourth-order valence-electron chi connectivity index (χ4n) is 2.32. The number of benzene rings is 1. The van der Waals surface area contributed by atoms with E-state index in [1.807, 2.05) is 47.3 Å². The highest BCUT2D eigenvalue weighted by Gasteiger charge is 2.20. The van der Waals surface area contributed by atoms with E-state index in [1.54, 1.807) is 0 Å². The molecule has 0 saturated carbocycles. The van der Waals surface area contributed by atoms with Crippen LogP contribution < -0.4 is 0 Å². The Labute approximate surface area is 125 Å². The predicted octanol–water partition coefficient (Wildman–Crippen LogP) is 3.34. The molecule has 0 aliphatic rings. The summed E-state index contributed by atoms with van der Waals surface area (Å²) in [6.45, 7) is 4.22. The second kappa shape index (κ2) is 7.07. The minimum Gasteiger partial charge on any atom is -0.481 e. The second-order valence-corrected chi connectivity index (χ2v) is 5.47. The Hall–Kier alpha value is -2.10. The molecule has 2 aromatic rings. The van der Waals surface area contributed by atoms with Crippen LogP contribution in [-0.2, 0) is 17.6 Å². The Morgan fingerprint density at radius 2 is 1.95 bits per heavy atom. The van der Waals surface area contributed by atoms with Crippen molar-refractivity contribution < 1.29 is 9.90 Å². The minimum atomic E-state index is -0.767. The van der Waals surface area contributed by atoms with Crippen molar-refractivity contribution in [3.05, 3.63) is 53.9 Å². The van der Waals surface area contributed by atoms with E-state index in [0.29, 0.717) is 18.9 Å². The number of rotatable bonds is 7. The summed E-state index contributed by atoms with van der Waals surface area (Å²) in [7, 11) is 0. The molecule has 2 atom stereocenters. The zero-order chi connectivity index (χ0) is 15.2. The van der Waals surface area contributed by atoms with Gasteiger partial charge in [-0.2, -0.15) is 5.10 Å². The van der Waals surface area contributed by atoms with Crippen molar-refractivity contribution >= 4 is 5.97 Å². The smallest absolute Gasteiger partial charge is 0.307 e. The maximum atomic E-state index is 11.5. The van der Waals surface area contributed by atoms with E-state index in [0.717, 1.165) is 17.7 Å². The molecule has 2 rings (SSSR count). The quantitative estimate of drug-likeness (QED) is 0.849. The molecule has 21 heavy (non-hydrogen) atoms. The first-order chi connectivity index (χ1) is 10.1. The van der Waals surface area contributed by atoms with Gasteiger partial charge in [-0.05, 0) is 31.4 Å². The van der Waals surface area contributed by atoms with Crippen LogP contribution in [-0.4, -0.2) is 20.9 Å². The molecular formula is C17H22N2O2. The summed E-state index contributed by atoms with van der Waals surface area (Å²) in [5, 5.41) is 13.9. The molecular weight excluding hydrogens is 264 g/mol. The van der Waals surface area contributed by atoms with Crippen LogP contribution in [0.4, 0.5) is 0 Å². The maximum Gasteiger partial charge on any atom is 0.307 e. The second-order valence-electron chi connectivity index (χ2n) is 5.47. The third-order valence-corrected chi connectivity index (χ3v) is 3.84. The van der Waals surface area contributed by atoms with Gasteiger partial charge in [0.25, 0.3) is 0 Å². The lowest BCUT2D eigenvalue weighted by molar-refractivity contribution is -0.141. The summed E-state index contributed by atoms with van der Waals surface area (Å²) < 4.78 is 1.91. The fraction of sp³-hybridized carbons (Fsp3) is 0.412. The average molecular weight is 286 g/mol. The van der Waals surface area contributed by atoms with Crippen LogP contribution in [0.15, 0.2) is 42.6 Å².